The number of benzene rings is 12. The van der Waals surface area contributed by atoms with Gasteiger partial charge in [-0.3, -0.25) is 0 Å². The van der Waals surface area contributed by atoms with Gasteiger partial charge >= 0.3 is 0 Å². The molecule has 6 nitrogen and oxygen atoms in total. The van der Waals surface area contributed by atoms with Crippen LogP contribution < -0.4 is 0 Å². The maximum Gasteiger partial charge on any atom is 0.0352 e. The molecule has 0 aliphatic heterocycles. The van der Waals surface area contributed by atoms with Crippen molar-refractivity contribution >= 4 is 0 Å². The fraction of sp³-hybridized carbons (Fsp3) is 0.203. The van der Waals surface area contributed by atoms with Crippen LogP contribution in [0.3, 0.4) is 0 Å². The van der Waals surface area contributed by atoms with E-state index in [1.54, 1.807) is 43.5 Å². The summed E-state index contributed by atoms with van der Waals surface area (Å²) < 4.78 is 214. The van der Waals surface area contributed by atoms with Gasteiger partial charge in [-0.05, 0) is 288 Å². The Bertz CT molecular complexity index is 7330. The Morgan fingerprint density at radius 3 is 0.766 bits per heavy atom. The van der Waals surface area contributed by atoms with Crippen molar-refractivity contribution in [3.05, 3.63) is 503 Å². The molecule has 693 valence electrons. The van der Waals surface area contributed by atoms with Gasteiger partial charge in [-0.15, -0.1) is 214 Å². The van der Waals surface area contributed by atoms with Gasteiger partial charge in [0.25, 0.3) is 0 Å². The van der Waals surface area contributed by atoms with Crippen LogP contribution in [0.2, 0.25) is 0 Å². The van der Waals surface area contributed by atoms with E-state index in [4.69, 9.17) is 32.9 Å². The topological polar surface area (TPSA) is 77.3 Å². The van der Waals surface area contributed by atoms with Crippen molar-refractivity contribution in [2.75, 3.05) is 0 Å². The van der Waals surface area contributed by atoms with E-state index < -0.39 is 83.3 Å². The first kappa shape index (κ1) is 71.0. The first-order chi connectivity index (χ1) is 76.3. The molecule has 3 saturated carbocycles. The molecule has 0 spiro atoms. The molecule has 0 atom stereocenters. The molecule has 3 aliphatic rings. The SMILES string of the molecule is [2H]C([2H])([2H])c1c[c-]c(-c2ccc(C([2H])([2H])[2H])cn2)cc1.[2H]C([2H])([2H])c1c[c-]c(-c2ccccn2)cc1.[2H]C([2H])([2H])c1cnc(-c2[c-]cccc2)cc1-c1ccc(C2([2H])CCC([2H])(c3ccccc3)CC2)cc1.[2H]C([2H])([2H])c1cnc(-c2[c-]cccc2)cc1-c1ccc(C2([2H])CCC([2H])(c3ccccc3)CC2)cc1.[2H]C([2H])([2H])c1cnc(-c2[c-]cccc2)cc1-c1ccc(C2([2H])CCC([2H])(c3ccccc3)CC2)cc1.[2H]C([2H])([2H])c1cnc(-c2[c-]cccc2)cc1C.[Ir].[Ir].[Ir]. The van der Waals surface area contributed by atoms with E-state index in [0.717, 1.165) is 94.8 Å². The average molecular weight is 2340 g/mol. The number of hydrogen-bond donors (Lipinski definition) is 0. The van der Waals surface area contributed by atoms with Gasteiger partial charge in [-0.2, -0.15) is 0 Å². The van der Waals surface area contributed by atoms with Crippen molar-refractivity contribution in [3.8, 4) is 101 Å². The molecule has 12 aromatic carbocycles. The normalized spacial score (nSPS) is 22.4. The first-order valence-corrected chi connectivity index (χ1v) is 45.1. The standard InChI is InChI=1S/3C30H28N.2C13H12N.C12H10N.3Ir/c3*1-22-21-31-30(28-10-6-3-7-11-28)20-29(22)27-18-16-26(17-19-27)25-14-12-24(13-15-25)23-8-4-2-5-9-23;1-10-3-6-12(7-4-10)13-8-5-11(2)9-14-13;1-10-8-13(14-9-11(10)2)12-6-4-3-5-7-12;1-10-5-7-11(8-6-10)12-4-2-3-9-13-12;;;/h3*2-10,16-21,24-25H,12-15H2,1H3;2*3-6,8-9H,1-2H3;2-7,9H,1H3;;;/q6*-1;;;/i3*1D3,24D,25D;1D3,2D3;2D3;1D3;;;. The number of pyridine rings is 6. The van der Waals surface area contributed by atoms with Crippen molar-refractivity contribution in [2.45, 2.75) is 167 Å². The number of rotatable bonds is 15. The number of hydrogen-bond acceptors (Lipinski definition) is 6. The van der Waals surface area contributed by atoms with E-state index in [2.05, 4.69) is 66.3 Å². The smallest absolute Gasteiger partial charge is 0.0352 e. The molecule has 0 saturated heterocycles. The van der Waals surface area contributed by atoms with Gasteiger partial charge in [0.15, 0.2) is 0 Å². The fourth-order valence-electron chi connectivity index (χ4n) is 16.7. The average Bonchev–Trinajstić information content (AvgIpc) is 0.768. The zero-order chi connectivity index (χ0) is 115. The van der Waals surface area contributed by atoms with Crippen molar-refractivity contribution in [3.63, 3.8) is 0 Å². The number of nitrogens with zero attached hydrogens (tertiary/aromatic N) is 6. The van der Waals surface area contributed by atoms with E-state index in [9.17, 15) is 4.11 Å². The summed E-state index contributed by atoms with van der Waals surface area (Å²) >= 11 is 0. The third-order valence-electron chi connectivity index (χ3n) is 24.1. The van der Waals surface area contributed by atoms with Gasteiger partial charge in [-0.25, -0.2) is 0 Å². The minimum Gasteiger partial charge on any atom is -0.305 e. The minimum atomic E-state index is -2.30. The fourth-order valence-corrected chi connectivity index (χ4v) is 16.7. The first-order valence-electron chi connectivity index (χ1n) is 58.6. The van der Waals surface area contributed by atoms with Crippen molar-refractivity contribution < 1.29 is 97.3 Å². The van der Waals surface area contributed by atoms with Gasteiger partial charge in [0.2, 0.25) is 0 Å². The van der Waals surface area contributed by atoms with Crippen LogP contribution >= 0.6 is 0 Å². The molecule has 18 aromatic rings. The molecule has 3 aliphatic carbocycles. The Labute approximate surface area is 893 Å². The molecule has 137 heavy (non-hydrogen) atoms. The van der Waals surface area contributed by atoms with Crippen LogP contribution in [0.25, 0.3) is 101 Å². The molecule has 0 amide bonds. The Morgan fingerprint density at radius 2 is 0.504 bits per heavy atom. The zero-order valence-corrected chi connectivity index (χ0v) is 82.8. The second-order valence-corrected chi connectivity index (χ2v) is 32.9. The second kappa shape index (κ2) is 51.6. The summed E-state index contributed by atoms with van der Waals surface area (Å²) in [7, 11) is 0. The monoisotopic (exact) mass is 2350 g/mol. The van der Waals surface area contributed by atoms with Crippen LogP contribution in [-0.4, -0.2) is 29.9 Å². The molecule has 9 heteroatoms. The third-order valence-corrected chi connectivity index (χ3v) is 24.1. The van der Waals surface area contributed by atoms with Crippen LogP contribution in [0, 0.1) is 91.3 Å². The van der Waals surface area contributed by atoms with Crippen LogP contribution in [0.1, 0.15) is 227 Å². The summed E-state index contributed by atoms with van der Waals surface area (Å²) in [4.78, 5) is 25.6. The number of aryl methyl sites for hydroxylation is 8. The summed E-state index contributed by atoms with van der Waals surface area (Å²) in [5.74, 6) is -4.22. The Hall–Kier alpha value is -12.5. The summed E-state index contributed by atoms with van der Waals surface area (Å²) in [5, 5.41) is 0. The minimum absolute atomic E-state index is 0. The number of aromatic nitrogens is 6. The zero-order valence-electron chi connectivity index (χ0n) is 103. The largest absolute Gasteiger partial charge is 0.305 e. The predicted molar refractivity (Wildman–Crippen MR) is 556 cm³/mol. The van der Waals surface area contributed by atoms with Crippen LogP contribution in [0.4, 0.5) is 0 Å². The molecule has 0 bridgehead atoms. The quantitative estimate of drug-likeness (QED) is 0.0952. The molecule has 0 unspecified atom stereocenters. The summed E-state index contributed by atoms with van der Waals surface area (Å²) in [5.41, 5.74) is 21.0. The molecule has 3 fully saturated rings. The molecule has 3 radical (unpaired) electrons. The second-order valence-electron chi connectivity index (χ2n) is 32.9. The van der Waals surface area contributed by atoms with Crippen molar-refractivity contribution in [1.29, 1.82) is 0 Å². The molecule has 21 rings (SSSR count). The Balaban J connectivity index is 0.000000166. The van der Waals surface area contributed by atoms with Crippen LogP contribution in [0.15, 0.2) is 389 Å². The molecular weight excluding hydrogens is 2200 g/mol. The van der Waals surface area contributed by atoms with Crippen molar-refractivity contribution in [2.24, 2.45) is 0 Å². The van der Waals surface area contributed by atoms with E-state index in [-0.39, 0.29) is 88.1 Å². The van der Waals surface area contributed by atoms with Crippen LogP contribution in [0.5, 0.6) is 0 Å². The van der Waals surface area contributed by atoms with Crippen molar-refractivity contribution in [1.82, 2.24) is 29.9 Å². The summed E-state index contributed by atoms with van der Waals surface area (Å²) in [6.07, 6.45) is 16.2. The Kier molecular flexibility index (Phi) is 26.8. The Morgan fingerprint density at radius 1 is 0.226 bits per heavy atom. The summed E-state index contributed by atoms with van der Waals surface area (Å²) in [6.45, 7) is -13.6. The van der Waals surface area contributed by atoms with E-state index in [1.165, 1.54) is 55.2 Å². The summed E-state index contributed by atoms with van der Waals surface area (Å²) in [6, 6.07) is 126. The van der Waals surface area contributed by atoms with E-state index >= 15 is 0 Å². The molecule has 6 heterocycles. The maximum absolute atomic E-state index is 9.18. The third kappa shape index (κ3) is 28.4. The van der Waals surface area contributed by atoms with E-state index in [1.807, 2.05) is 297 Å². The van der Waals surface area contributed by atoms with Gasteiger partial charge in [-0.1, -0.05) is 232 Å². The van der Waals surface area contributed by atoms with Gasteiger partial charge in [0, 0.05) is 135 Å². The molecular formula is C128H118Ir3N6-6. The van der Waals surface area contributed by atoms with Crippen LogP contribution in [-0.2, 0) is 60.3 Å². The van der Waals surface area contributed by atoms with Gasteiger partial charge < -0.3 is 29.9 Å². The van der Waals surface area contributed by atoms with Gasteiger partial charge in [0.05, 0.1) is 0 Å². The van der Waals surface area contributed by atoms with E-state index in [0.29, 0.717) is 133 Å². The maximum atomic E-state index is 9.18. The molecule has 0 N–H and O–H groups in total. The van der Waals surface area contributed by atoms with Gasteiger partial charge in [0.1, 0.15) is 0 Å². The predicted octanol–water partition coefficient (Wildman–Crippen LogP) is 33.1. The molecule has 6 aromatic heterocycles.